The maximum Gasteiger partial charge on any atom is 0.515 e. The Morgan fingerprint density at radius 1 is 1.35 bits per heavy atom. The molecule has 0 aliphatic rings. The van der Waals surface area contributed by atoms with Crippen LogP contribution in [0, 0.1) is 10.1 Å². The Bertz CT molecular complexity index is 423. The van der Waals surface area contributed by atoms with Crippen LogP contribution in [0.15, 0.2) is 24.3 Å². The fourth-order valence-corrected chi connectivity index (χ4v) is 1.01. The molecule has 0 N–H and O–H groups in total. The summed E-state index contributed by atoms with van der Waals surface area (Å²) < 4.78 is 9.45. The first kappa shape index (κ1) is 13.2. The van der Waals surface area contributed by atoms with Crippen LogP contribution in [-0.2, 0) is 4.74 Å². The van der Waals surface area contributed by atoms with E-state index in [4.69, 9.17) is 16.3 Å². The van der Waals surface area contributed by atoms with Gasteiger partial charge in [-0.25, -0.2) is 4.79 Å². The van der Waals surface area contributed by atoms with E-state index in [2.05, 4.69) is 4.74 Å². The highest BCUT2D eigenvalue weighted by molar-refractivity contribution is 6.22. The maximum absolute atomic E-state index is 11.2. The molecule has 6 nitrogen and oxygen atoms in total. The summed E-state index contributed by atoms with van der Waals surface area (Å²) in [7, 11) is 0. The maximum atomic E-state index is 11.2. The molecule has 92 valence electrons. The number of nitrogens with zero attached hydrogens (tertiary/aromatic N) is 1. The van der Waals surface area contributed by atoms with E-state index < -0.39 is 16.1 Å². The van der Waals surface area contributed by atoms with Crippen molar-refractivity contribution in [1.82, 2.24) is 0 Å². The van der Waals surface area contributed by atoms with Gasteiger partial charge in [0.15, 0.2) is 5.06 Å². The molecule has 0 unspecified atom stereocenters. The number of benzene rings is 1. The number of nitro groups is 1. The first-order valence-corrected chi connectivity index (χ1v) is 5.00. The Kier molecular flexibility index (Phi) is 3.90. The van der Waals surface area contributed by atoms with Gasteiger partial charge >= 0.3 is 6.16 Å². The SMILES string of the molecule is CC(C)(Cl)OC(=O)Oc1ccc([N+](=O)[O-])cc1. The molecule has 0 fully saturated rings. The molecule has 0 bridgehead atoms. The number of carbonyl (C=O) groups excluding carboxylic acids is 1. The van der Waals surface area contributed by atoms with Crippen molar-refractivity contribution in [1.29, 1.82) is 0 Å². The van der Waals surface area contributed by atoms with E-state index in [0.717, 1.165) is 0 Å². The minimum absolute atomic E-state index is 0.0941. The van der Waals surface area contributed by atoms with Gasteiger partial charge in [0, 0.05) is 12.1 Å². The summed E-state index contributed by atoms with van der Waals surface area (Å²) in [6.07, 6.45) is -0.973. The second kappa shape index (κ2) is 5.01. The van der Waals surface area contributed by atoms with Crippen molar-refractivity contribution in [2.45, 2.75) is 18.9 Å². The number of carbonyl (C=O) groups is 1. The van der Waals surface area contributed by atoms with Crippen molar-refractivity contribution in [3.8, 4) is 5.75 Å². The summed E-state index contributed by atoms with van der Waals surface area (Å²) in [6.45, 7) is 2.96. The lowest BCUT2D eigenvalue weighted by Gasteiger charge is -2.15. The summed E-state index contributed by atoms with van der Waals surface area (Å²) in [5.74, 6) is 0.140. The molecule has 0 aromatic heterocycles. The van der Waals surface area contributed by atoms with Gasteiger partial charge in [-0.2, -0.15) is 0 Å². The second-order valence-corrected chi connectivity index (χ2v) is 4.48. The van der Waals surface area contributed by atoms with Crippen molar-refractivity contribution in [2.75, 3.05) is 0 Å². The van der Waals surface area contributed by atoms with Gasteiger partial charge in [0.2, 0.25) is 0 Å². The number of hydrogen-bond donors (Lipinski definition) is 0. The molecule has 1 aromatic carbocycles. The average molecular weight is 260 g/mol. The van der Waals surface area contributed by atoms with Crippen molar-refractivity contribution in [3.05, 3.63) is 34.4 Å². The van der Waals surface area contributed by atoms with Gasteiger partial charge in [-0.05, 0) is 26.0 Å². The minimum atomic E-state index is -1.17. The van der Waals surface area contributed by atoms with Crippen LogP contribution in [0.4, 0.5) is 10.5 Å². The Balaban J connectivity index is 2.64. The third kappa shape index (κ3) is 4.69. The molecule has 0 aliphatic heterocycles. The van der Waals surface area contributed by atoms with Crippen molar-refractivity contribution in [3.63, 3.8) is 0 Å². The Morgan fingerprint density at radius 2 is 1.88 bits per heavy atom. The highest BCUT2D eigenvalue weighted by atomic mass is 35.5. The van der Waals surface area contributed by atoms with Gasteiger partial charge in [0.05, 0.1) is 4.92 Å². The van der Waals surface area contributed by atoms with Crippen LogP contribution < -0.4 is 4.74 Å². The smallest absolute Gasteiger partial charge is 0.412 e. The number of non-ortho nitro benzene ring substituents is 1. The highest BCUT2D eigenvalue weighted by Gasteiger charge is 2.20. The predicted octanol–water partition coefficient (Wildman–Crippen LogP) is 3.09. The molecular weight excluding hydrogens is 250 g/mol. The zero-order valence-corrected chi connectivity index (χ0v) is 9.93. The summed E-state index contributed by atoms with van der Waals surface area (Å²) >= 11 is 5.65. The van der Waals surface area contributed by atoms with Crippen molar-refractivity contribution >= 4 is 23.4 Å². The normalized spacial score (nSPS) is 10.8. The van der Waals surface area contributed by atoms with Gasteiger partial charge in [-0.1, -0.05) is 11.6 Å². The molecule has 0 saturated heterocycles. The second-order valence-electron chi connectivity index (χ2n) is 3.57. The number of hydrogen-bond acceptors (Lipinski definition) is 5. The zero-order valence-electron chi connectivity index (χ0n) is 9.18. The van der Waals surface area contributed by atoms with Crippen LogP contribution >= 0.6 is 11.6 Å². The lowest BCUT2D eigenvalue weighted by atomic mass is 10.3. The largest absolute Gasteiger partial charge is 0.515 e. The highest BCUT2D eigenvalue weighted by Crippen LogP contribution is 2.20. The van der Waals surface area contributed by atoms with E-state index in [1.54, 1.807) is 0 Å². The van der Waals surface area contributed by atoms with Gasteiger partial charge in [-0.3, -0.25) is 10.1 Å². The molecule has 1 rings (SSSR count). The number of rotatable bonds is 3. The first-order chi connectivity index (χ1) is 7.78. The summed E-state index contributed by atoms with van der Waals surface area (Å²) in [4.78, 5) is 21.0. The number of alkyl halides is 1. The van der Waals surface area contributed by atoms with Gasteiger partial charge in [0.1, 0.15) is 5.75 Å². The Morgan fingerprint density at radius 3 is 2.29 bits per heavy atom. The molecule has 0 spiro atoms. The standard InChI is InChI=1S/C10H10ClNO5/c1-10(2,11)17-9(13)16-8-5-3-7(4-6-8)12(14)15/h3-6H,1-2H3. The van der Waals surface area contributed by atoms with E-state index >= 15 is 0 Å². The van der Waals surface area contributed by atoms with E-state index in [-0.39, 0.29) is 11.4 Å². The Labute approximate surface area is 102 Å². The molecular formula is C10H10ClNO5. The summed E-state index contributed by atoms with van der Waals surface area (Å²) in [5, 5.41) is 9.21. The molecule has 1 aromatic rings. The van der Waals surface area contributed by atoms with Crippen LogP contribution in [0.5, 0.6) is 5.75 Å². The van der Waals surface area contributed by atoms with E-state index in [1.165, 1.54) is 38.1 Å². The summed E-state index contributed by atoms with van der Waals surface area (Å²) in [5.41, 5.74) is -0.0941. The van der Waals surface area contributed by atoms with Gasteiger partial charge < -0.3 is 9.47 Å². The summed E-state index contributed by atoms with van der Waals surface area (Å²) in [6, 6.07) is 5.02. The van der Waals surface area contributed by atoms with E-state index in [9.17, 15) is 14.9 Å². The fourth-order valence-electron chi connectivity index (χ4n) is 0.951. The molecule has 17 heavy (non-hydrogen) atoms. The van der Waals surface area contributed by atoms with Crippen LogP contribution in [0.2, 0.25) is 0 Å². The molecule has 0 saturated carbocycles. The number of nitro benzene ring substituents is 1. The van der Waals surface area contributed by atoms with Crippen molar-refractivity contribution < 1.29 is 19.2 Å². The quantitative estimate of drug-likeness (QED) is 0.274. The van der Waals surface area contributed by atoms with E-state index in [1.807, 2.05) is 0 Å². The van der Waals surface area contributed by atoms with Crippen LogP contribution in [0.3, 0.4) is 0 Å². The lowest BCUT2D eigenvalue weighted by molar-refractivity contribution is -0.384. The molecule has 0 heterocycles. The van der Waals surface area contributed by atoms with Crippen LogP contribution in [0.25, 0.3) is 0 Å². The molecule has 0 aliphatic carbocycles. The average Bonchev–Trinajstić information content (AvgIpc) is 2.15. The fraction of sp³-hybridized carbons (Fsp3) is 0.300. The first-order valence-electron chi connectivity index (χ1n) is 4.62. The van der Waals surface area contributed by atoms with E-state index in [0.29, 0.717) is 0 Å². The predicted molar refractivity (Wildman–Crippen MR) is 60.1 cm³/mol. The minimum Gasteiger partial charge on any atom is -0.412 e. The monoisotopic (exact) mass is 259 g/mol. The molecule has 0 radical (unpaired) electrons. The molecule has 0 atom stereocenters. The van der Waals surface area contributed by atoms with Crippen molar-refractivity contribution in [2.24, 2.45) is 0 Å². The molecule has 0 amide bonds. The van der Waals surface area contributed by atoms with Crippen LogP contribution in [0.1, 0.15) is 13.8 Å². The van der Waals surface area contributed by atoms with Gasteiger partial charge in [0.25, 0.3) is 5.69 Å². The zero-order chi connectivity index (χ0) is 13.1. The van der Waals surface area contributed by atoms with Crippen LogP contribution in [-0.4, -0.2) is 16.1 Å². The lowest BCUT2D eigenvalue weighted by Crippen LogP contribution is -2.23. The van der Waals surface area contributed by atoms with Gasteiger partial charge in [-0.15, -0.1) is 0 Å². The molecule has 7 heteroatoms. The number of halogens is 1. The third-order valence-electron chi connectivity index (χ3n) is 1.57. The number of ether oxygens (including phenoxy) is 2. The third-order valence-corrected chi connectivity index (χ3v) is 1.65. The topological polar surface area (TPSA) is 78.7 Å². The Hall–Kier alpha value is -1.82.